The minimum Gasteiger partial charge on any atom is -0.482 e. The van der Waals surface area contributed by atoms with Gasteiger partial charge in [0.25, 0.3) is 5.91 Å². The molecule has 3 rings (SSSR count). The molecule has 152 valence electrons. The van der Waals surface area contributed by atoms with Crippen LogP contribution in [0.2, 0.25) is 0 Å². The Morgan fingerprint density at radius 2 is 1.62 bits per heavy atom. The maximum absolute atomic E-state index is 12.3. The number of esters is 1. The van der Waals surface area contributed by atoms with E-state index in [0.717, 1.165) is 24.0 Å². The molecule has 0 radical (unpaired) electrons. The van der Waals surface area contributed by atoms with Crippen molar-refractivity contribution in [1.29, 1.82) is 0 Å². The number of amides is 2. The van der Waals surface area contributed by atoms with Crippen LogP contribution in [-0.4, -0.2) is 48.5 Å². The van der Waals surface area contributed by atoms with Crippen molar-refractivity contribution in [2.45, 2.75) is 25.3 Å². The van der Waals surface area contributed by atoms with Crippen molar-refractivity contribution < 1.29 is 23.9 Å². The van der Waals surface area contributed by atoms with Gasteiger partial charge in [0.05, 0.1) is 0 Å². The van der Waals surface area contributed by atoms with Crippen molar-refractivity contribution in [1.82, 2.24) is 4.90 Å². The van der Waals surface area contributed by atoms with Crippen LogP contribution in [-0.2, 0) is 19.1 Å². The lowest BCUT2D eigenvalue weighted by molar-refractivity contribution is -0.156. The van der Waals surface area contributed by atoms with Crippen molar-refractivity contribution in [3.05, 3.63) is 54.6 Å². The summed E-state index contributed by atoms with van der Waals surface area (Å²) in [6.45, 7) is -0.301. The second kappa shape index (κ2) is 9.73. The average Bonchev–Trinajstić information content (AvgIpc) is 2.77. The lowest BCUT2D eigenvalue weighted by atomic mass is 10.0. The SMILES string of the molecule is NC(=O)[C@H]1CCCCN1C(=O)COC(=O)COc1ccc(-c2ccccc2)cc1. The molecular weight excluding hydrogens is 372 g/mol. The first-order valence-corrected chi connectivity index (χ1v) is 9.57. The molecule has 1 saturated heterocycles. The zero-order valence-corrected chi connectivity index (χ0v) is 16.1. The number of ether oxygens (including phenoxy) is 2. The zero-order valence-electron chi connectivity index (χ0n) is 16.1. The highest BCUT2D eigenvalue weighted by molar-refractivity contribution is 5.88. The summed E-state index contributed by atoms with van der Waals surface area (Å²) >= 11 is 0. The van der Waals surface area contributed by atoms with Crippen LogP contribution in [0.3, 0.4) is 0 Å². The molecule has 1 atom stereocenters. The third kappa shape index (κ3) is 5.57. The number of benzene rings is 2. The van der Waals surface area contributed by atoms with Gasteiger partial charge >= 0.3 is 5.97 Å². The molecule has 2 N–H and O–H groups in total. The van der Waals surface area contributed by atoms with Gasteiger partial charge < -0.3 is 20.1 Å². The van der Waals surface area contributed by atoms with Crippen LogP contribution in [0, 0.1) is 0 Å². The van der Waals surface area contributed by atoms with Crippen LogP contribution in [0.1, 0.15) is 19.3 Å². The molecule has 0 spiro atoms. The molecule has 7 heteroatoms. The van der Waals surface area contributed by atoms with E-state index in [1.807, 2.05) is 42.5 Å². The Morgan fingerprint density at radius 1 is 0.931 bits per heavy atom. The summed E-state index contributed by atoms with van der Waals surface area (Å²) < 4.78 is 10.4. The number of likely N-dealkylation sites (tertiary alicyclic amines) is 1. The Morgan fingerprint density at radius 3 is 2.31 bits per heavy atom. The maximum Gasteiger partial charge on any atom is 0.344 e. The van der Waals surface area contributed by atoms with Gasteiger partial charge in [-0.25, -0.2) is 4.79 Å². The van der Waals surface area contributed by atoms with Gasteiger partial charge in [0, 0.05) is 6.54 Å². The highest BCUT2D eigenvalue weighted by Gasteiger charge is 2.30. The van der Waals surface area contributed by atoms with E-state index in [1.54, 1.807) is 12.1 Å². The number of hydrogen-bond acceptors (Lipinski definition) is 5. The summed E-state index contributed by atoms with van der Waals surface area (Å²) in [5.41, 5.74) is 7.48. The average molecular weight is 396 g/mol. The lowest BCUT2D eigenvalue weighted by Crippen LogP contribution is -2.51. The molecule has 0 bridgehead atoms. The number of primary amides is 1. The van der Waals surface area contributed by atoms with Gasteiger partial charge in [-0.3, -0.25) is 9.59 Å². The second-order valence-electron chi connectivity index (χ2n) is 6.84. The molecule has 1 aliphatic heterocycles. The minimum atomic E-state index is -0.655. The molecule has 1 heterocycles. The van der Waals surface area contributed by atoms with E-state index < -0.39 is 30.4 Å². The molecule has 2 aromatic rings. The van der Waals surface area contributed by atoms with Gasteiger partial charge in [0.15, 0.2) is 13.2 Å². The van der Waals surface area contributed by atoms with Crippen LogP contribution in [0.4, 0.5) is 0 Å². The van der Waals surface area contributed by atoms with Gasteiger partial charge in [-0.15, -0.1) is 0 Å². The van der Waals surface area contributed by atoms with E-state index in [4.69, 9.17) is 15.2 Å². The summed E-state index contributed by atoms with van der Waals surface area (Å²) in [7, 11) is 0. The van der Waals surface area contributed by atoms with Gasteiger partial charge in [-0.2, -0.15) is 0 Å². The monoisotopic (exact) mass is 396 g/mol. The number of carbonyl (C=O) groups excluding carboxylic acids is 3. The summed E-state index contributed by atoms with van der Waals surface area (Å²) in [5, 5.41) is 0. The first kappa shape index (κ1) is 20.4. The van der Waals surface area contributed by atoms with Gasteiger partial charge in [-0.05, 0) is 42.5 Å². The lowest BCUT2D eigenvalue weighted by Gasteiger charge is -2.33. The number of nitrogens with zero attached hydrogens (tertiary/aromatic N) is 1. The molecule has 0 saturated carbocycles. The number of hydrogen-bond donors (Lipinski definition) is 1. The second-order valence-corrected chi connectivity index (χ2v) is 6.84. The van der Waals surface area contributed by atoms with Crippen LogP contribution >= 0.6 is 0 Å². The minimum absolute atomic E-state index is 0.308. The quantitative estimate of drug-likeness (QED) is 0.723. The standard InChI is InChI=1S/C22H24N2O5/c23-22(27)19-8-4-5-13-24(19)20(25)14-29-21(26)15-28-18-11-9-17(10-12-18)16-6-2-1-3-7-16/h1-3,6-7,9-12,19H,4-5,8,13-15H2,(H2,23,27)/t19-/m1/s1. The topological polar surface area (TPSA) is 98.9 Å². The zero-order chi connectivity index (χ0) is 20.6. The highest BCUT2D eigenvalue weighted by Crippen LogP contribution is 2.22. The molecule has 0 aromatic heterocycles. The van der Waals surface area contributed by atoms with E-state index in [0.29, 0.717) is 18.7 Å². The van der Waals surface area contributed by atoms with Crippen molar-refractivity contribution >= 4 is 17.8 Å². The fourth-order valence-electron chi connectivity index (χ4n) is 3.31. The number of rotatable bonds is 7. The normalized spacial score (nSPS) is 16.1. The molecule has 2 aromatic carbocycles. The van der Waals surface area contributed by atoms with E-state index in [2.05, 4.69) is 0 Å². The molecule has 2 amide bonds. The molecular formula is C22H24N2O5. The van der Waals surface area contributed by atoms with Crippen molar-refractivity contribution in [3.63, 3.8) is 0 Å². The van der Waals surface area contributed by atoms with Gasteiger partial charge in [0.1, 0.15) is 11.8 Å². The largest absolute Gasteiger partial charge is 0.482 e. The Labute approximate surface area is 169 Å². The third-order valence-corrected chi connectivity index (χ3v) is 4.83. The third-order valence-electron chi connectivity index (χ3n) is 4.83. The van der Waals surface area contributed by atoms with E-state index in [-0.39, 0.29) is 6.61 Å². The Balaban J connectivity index is 1.45. The summed E-state index contributed by atoms with van der Waals surface area (Å²) in [6, 6.07) is 16.6. The predicted octanol–water partition coefficient (Wildman–Crippen LogP) is 2.14. The number of piperidine rings is 1. The van der Waals surface area contributed by atoms with Gasteiger partial charge in [-0.1, -0.05) is 42.5 Å². The Hall–Kier alpha value is -3.35. The van der Waals surface area contributed by atoms with Crippen molar-refractivity contribution in [3.8, 4) is 16.9 Å². The molecule has 1 fully saturated rings. The fraction of sp³-hybridized carbons (Fsp3) is 0.318. The van der Waals surface area contributed by atoms with E-state index in [1.165, 1.54) is 4.90 Å². The van der Waals surface area contributed by atoms with Crippen LogP contribution in [0.15, 0.2) is 54.6 Å². The number of nitrogens with two attached hydrogens (primary N) is 1. The summed E-state index contributed by atoms with van der Waals surface area (Å²) in [6.07, 6.45) is 2.18. The van der Waals surface area contributed by atoms with E-state index >= 15 is 0 Å². The summed E-state index contributed by atoms with van der Waals surface area (Å²) in [5.74, 6) is -1.09. The van der Waals surface area contributed by atoms with Crippen LogP contribution in [0.5, 0.6) is 5.75 Å². The first-order chi connectivity index (χ1) is 14.0. The summed E-state index contributed by atoms with van der Waals surface area (Å²) in [4.78, 5) is 37.0. The fourth-order valence-corrected chi connectivity index (χ4v) is 3.31. The van der Waals surface area contributed by atoms with Crippen molar-refractivity contribution in [2.75, 3.05) is 19.8 Å². The molecule has 29 heavy (non-hydrogen) atoms. The molecule has 1 aliphatic rings. The van der Waals surface area contributed by atoms with Gasteiger partial charge in [0.2, 0.25) is 5.91 Å². The Kier molecular flexibility index (Phi) is 6.84. The van der Waals surface area contributed by atoms with E-state index in [9.17, 15) is 14.4 Å². The smallest absolute Gasteiger partial charge is 0.344 e. The predicted molar refractivity (Wildman–Crippen MR) is 107 cm³/mol. The maximum atomic E-state index is 12.3. The Bertz CT molecular complexity index is 851. The molecule has 7 nitrogen and oxygen atoms in total. The number of carbonyl (C=O) groups is 3. The highest BCUT2D eigenvalue weighted by atomic mass is 16.6. The van der Waals surface area contributed by atoms with Crippen molar-refractivity contribution in [2.24, 2.45) is 5.73 Å². The molecule has 0 unspecified atom stereocenters. The van der Waals surface area contributed by atoms with Crippen LogP contribution in [0.25, 0.3) is 11.1 Å². The molecule has 0 aliphatic carbocycles. The van der Waals surface area contributed by atoms with Crippen LogP contribution < -0.4 is 10.5 Å². The first-order valence-electron chi connectivity index (χ1n) is 9.57.